The van der Waals surface area contributed by atoms with Gasteiger partial charge in [0.15, 0.2) is 0 Å². The highest BCUT2D eigenvalue weighted by Crippen LogP contribution is 2.06. The van der Waals surface area contributed by atoms with Crippen molar-refractivity contribution in [1.29, 1.82) is 0 Å². The van der Waals surface area contributed by atoms with Crippen LogP contribution in [0, 0.1) is 0 Å². The molecule has 0 amide bonds. The zero-order valence-corrected chi connectivity index (χ0v) is 8.36. The van der Waals surface area contributed by atoms with Crippen molar-refractivity contribution in [2.45, 2.75) is 25.4 Å². The lowest BCUT2D eigenvalue weighted by Gasteiger charge is -2.16. The first kappa shape index (κ1) is 12.6. The molecule has 2 atom stereocenters. The molecule has 0 fully saturated rings. The lowest BCUT2D eigenvalue weighted by Crippen LogP contribution is -2.34. The molecule has 2 unspecified atom stereocenters. The van der Waals surface area contributed by atoms with Gasteiger partial charge in [0.25, 0.3) is 10.1 Å². The van der Waals surface area contributed by atoms with Crippen molar-refractivity contribution in [3.05, 3.63) is 12.2 Å². The Morgan fingerprint density at radius 2 is 2.08 bits per heavy atom. The highest BCUT2D eigenvalue weighted by molar-refractivity contribution is 7.86. The first-order chi connectivity index (χ1) is 5.89. The molecule has 0 heterocycles. The molecular formula is C7H14O5S. The summed E-state index contributed by atoms with van der Waals surface area (Å²) < 4.78 is 34.6. The van der Waals surface area contributed by atoms with E-state index in [4.69, 9.17) is 14.4 Å². The second-order valence-corrected chi connectivity index (χ2v) is 4.02. The Balaban J connectivity index is 4.29. The van der Waals surface area contributed by atoms with Gasteiger partial charge in [0.2, 0.25) is 5.44 Å². The van der Waals surface area contributed by atoms with E-state index in [1.165, 1.54) is 6.92 Å². The molecule has 0 bridgehead atoms. The van der Waals surface area contributed by atoms with Gasteiger partial charge < -0.3 is 9.84 Å². The van der Waals surface area contributed by atoms with E-state index < -0.39 is 21.7 Å². The van der Waals surface area contributed by atoms with E-state index in [9.17, 15) is 8.42 Å². The summed E-state index contributed by atoms with van der Waals surface area (Å²) in [6, 6.07) is 0. The molecular weight excluding hydrogens is 196 g/mol. The molecule has 0 saturated heterocycles. The smallest absolute Gasteiger partial charge is 0.294 e. The van der Waals surface area contributed by atoms with Crippen LogP contribution in [0.5, 0.6) is 0 Å². The number of hydrogen-bond acceptors (Lipinski definition) is 4. The Kier molecular flexibility index (Phi) is 5.16. The predicted molar refractivity (Wildman–Crippen MR) is 47.8 cm³/mol. The molecule has 0 rings (SSSR count). The third kappa shape index (κ3) is 4.99. The second kappa shape index (κ2) is 5.33. The van der Waals surface area contributed by atoms with E-state index in [2.05, 4.69) is 0 Å². The average Bonchev–Trinajstić information content (AvgIpc) is 1.94. The van der Waals surface area contributed by atoms with Crippen LogP contribution >= 0.6 is 0 Å². The standard InChI is InChI=1S/C7H14O5S/c1-3-4-5-12-7(6(2)8)13(9,10)11/h3-4,6-8H,5H2,1-2H3,(H,9,10,11). The van der Waals surface area contributed by atoms with E-state index in [1.807, 2.05) is 0 Å². The third-order valence-corrected chi connectivity index (χ3v) is 2.40. The molecule has 0 spiro atoms. The molecule has 13 heavy (non-hydrogen) atoms. The Bertz CT molecular complexity index is 254. The van der Waals surface area contributed by atoms with Gasteiger partial charge >= 0.3 is 0 Å². The minimum absolute atomic E-state index is 0.0336. The van der Waals surface area contributed by atoms with Gasteiger partial charge in [-0.15, -0.1) is 0 Å². The SMILES string of the molecule is CC=CCOC(C(C)O)S(=O)(=O)O. The molecule has 0 saturated carbocycles. The summed E-state index contributed by atoms with van der Waals surface area (Å²) in [4.78, 5) is 0. The summed E-state index contributed by atoms with van der Waals surface area (Å²) in [6.45, 7) is 3.01. The van der Waals surface area contributed by atoms with E-state index in [1.54, 1.807) is 19.1 Å². The summed E-state index contributed by atoms with van der Waals surface area (Å²) >= 11 is 0. The van der Waals surface area contributed by atoms with Crippen LogP contribution in [0.25, 0.3) is 0 Å². The average molecular weight is 210 g/mol. The maximum absolute atomic E-state index is 10.6. The minimum Gasteiger partial charge on any atom is -0.389 e. The molecule has 0 aromatic rings. The monoisotopic (exact) mass is 210 g/mol. The van der Waals surface area contributed by atoms with Crippen LogP contribution < -0.4 is 0 Å². The number of allylic oxidation sites excluding steroid dienone is 1. The van der Waals surface area contributed by atoms with Crippen molar-refractivity contribution in [2.24, 2.45) is 0 Å². The van der Waals surface area contributed by atoms with Crippen LogP contribution in [0.1, 0.15) is 13.8 Å². The molecule has 5 nitrogen and oxygen atoms in total. The van der Waals surface area contributed by atoms with Crippen LogP contribution in [0.15, 0.2) is 12.2 Å². The van der Waals surface area contributed by atoms with Crippen molar-refractivity contribution >= 4 is 10.1 Å². The third-order valence-electron chi connectivity index (χ3n) is 1.28. The number of rotatable bonds is 5. The first-order valence-corrected chi connectivity index (χ1v) is 5.27. The molecule has 0 aliphatic heterocycles. The van der Waals surface area contributed by atoms with Gasteiger partial charge in [0, 0.05) is 0 Å². The van der Waals surface area contributed by atoms with Crippen LogP contribution in [-0.4, -0.2) is 36.2 Å². The van der Waals surface area contributed by atoms with Crippen LogP contribution in [0.4, 0.5) is 0 Å². The number of aliphatic hydroxyl groups is 1. The number of ether oxygens (including phenoxy) is 1. The zero-order chi connectivity index (χ0) is 10.5. The van der Waals surface area contributed by atoms with E-state index in [0.717, 1.165) is 0 Å². The molecule has 0 radical (unpaired) electrons. The lowest BCUT2D eigenvalue weighted by molar-refractivity contribution is 0.0260. The lowest BCUT2D eigenvalue weighted by atomic mass is 10.4. The van der Waals surface area contributed by atoms with E-state index in [0.29, 0.717) is 0 Å². The molecule has 2 N–H and O–H groups in total. The van der Waals surface area contributed by atoms with Gasteiger partial charge in [-0.2, -0.15) is 8.42 Å². The summed E-state index contributed by atoms with van der Waals surface area (Å²) in [5.41, 5.74) is -1.58. The Morgan fingerprint density at radius 1 is 1.54 bits per heavy atom. The van der Waals surface area contributed by atoms with Gasteiger partial charge in [-0.25, -0.2) is 0 Å². The van der Waals surface area contributed by atoms with Crippen molar-refractivity contribution in [1.82, 2.24) is 0 Å². The largest absolute Gasteiger partial charge is 0.389 e. The normalized spacial score (nSPS) is 17.5. The fourth-order valence-corrected chi connectivity index (χ4v) is 1.47. The minimum atomic E-state index is -4.35. The molecule has 0 aliphatic carbocycles. The van der Waals surface area contributed by atoms with E-state index >= 15 is 0 Å². The summed E-state index contributed by atoms with van der Waals surface area (Å²) in [5, 5.41) is 8.96. The van der Waals surface area contributed by atoms with Gasteiger partial charge in [-0.3, -0.25) is 4.55 Å². The molecule has 0 aromatic carbocycles. The highest BCUT2D eigenvalue weighted by Gasteiger charge is 2.28. The quantitative estimate of drug-likeness (QED) is 0.499. The fourth-order valence-electron chi connectivity index (χ4n) is 0.721. The number of aliphatic hydroxyl groups excluding tert-OH is 1. The van der Waals surface area contributed by atoms with Crippen LogP contribution in [0.3, 0.4) is 0 Å². The summed E-state index contributed by atoms with van der Waals surface area (Å²) in [7, 11) is -4.35. The van der Waals surface area contributed by atoms with Crippen molar-refractivity contribution < 1.29 is 22.8 Å². The summed E-state index contributed by atoms with van der Waals surface area (Å²) in [6.07, 6.45) is 1.98. The highest BCUT2D eigenvalue weighted by atomic mass is 32.2. The van der Waals surface area contributed by atoms with Crippen molar-refractivity contribution in [3.8, 4) is 0 Å². The maximum Gasteiger partial charge on any atom is 0.294 e. The summed E-state index contributed by atoms with van der Waals surface area (Å²) in [5.74, 6) is 0. The molecule has 78 valence electrons. The van der Waals surface area contributed by atoms with Crippen molar-refractivity contribution in [3.63, 3.8) is 0 Å². The molecule has 0 aromatic heterocycles. The van der Waals surface area contributed by atoms with E-state index in [-0.39, 0.29) is 6.61 Å². The molecule has 6 heteroatoms. The molecule has 0 aliphatic rings. The Hall–Kier alpha value is -0.430. The van der Waals surface area contributed by atoms with Gasteiger partial charge in [0.05, 0.1) is 12.7 Å². The Labute approximate surface area is 77.8 Å². The first-order valence-electron chi connectivity index (χ1n) is 3.76. The topological polar surface area (TPSA) is 83.8 Å². The zero-order valence-electron chi connectivity index (χ0n) is 7.54. The van der Waals surface area contributed by atoms with Crippen molar-refractivity contribution in [2.75, 3.05) is 6.61 Å². The van der Waals surface area contributed by atoms with Crippen LogP contribution in [0.2, 0.25) is 0 Å². The fraction of sp³-hybridized carbons (Fsp3) is 0.714. The van der Waals surface area contributed by atoms with Gasteiger partial charge in [-0.05, 0) is 13.8 Å². The second-order valence-electron chi connectivity index (χ2n) is 2.53. The van der Waals surface area contributed by atoms with Gasteiger partial charge in [-0.1, -0.05) is 12.2 Å². The van der Waals surface area contributed by atoms with Crippen LogP contribution in [-0.2, 0) is 14.9 Å². The Morgan fingerprint density at radius 3 is 2.38 bits per heavy atom. The van der Waals surface area contributed by atoms with Gasteiger partial charge in [0.1, 0.15) is 0 Å². The predicted octanol–water partition coefficient (Wildman–Crippen LogP) is 0.174. The number of hydrogen-bond donors (Lipinski definition) is 2. The maximum atomic E-state index is 10.6.